The Bertz CT molecular complexity index is 446. The zero-order chi connectivity index (χ0) is 10.7. The Morgan fingerprint density at radius 3 is 2.64 bits per heavy atom. The Balaban J connectivity index is 3.57. The van der Waals surface area contributed by atoms with Crippen LogP contribution in [0.2, 0.25) is 0 Å². The first-order valence-corrected chi connectivity index (χ1v) is 4.87. The maximum absolute atomic E-state index is 11.2. The van der Waals surface area contributed by atoms with Gasteiger partial charge >= 0.3 is 0 Å². The Hall–Kier alpha value is -1.22. The van der Waals surface area contributed by atoms with Crippen molar-refractivity contribution in [3.05, 3.63) is 32.4 Å². The van der Waals surface area contributed by atoms with Crippen LogP contribution in [0.4, 0.5) is 0 Å². The molecule has 0 atom stereocenters. The number of Topliss-reactive ketones (excluding diaryl/α,β-unsaturated/α-hetero) is 1. The van der Waals surface area contributed by atoms with Gasteiger partial charge in [0.2, 0.25) is 0 Å². The highest BCUT2D eigenvalue weighted by atomic mass is 127. The van der Waals surface area contributed by atoms with E-state index in [9.17, 15) is 9.59 Å². The van der Waals surface area contributed by atoms with Gasteiger partial charge in [0.25, 0.3) is 0 Å². The van der Waals surface area contributed by atoms with Gasteiger partial charge in [0.1, 0.15) is 0 Å². The highest BCUT2D eigenvalue weighted by Gasteiger charge is 2.12. The maximum atomic E-state index is 11.2. The molecule has 0 saturated heterocycles. The second-order valence-electron chi connectivity index (χ2n) is 2.70. The predicted octanol–water partition coefficient (Wildman–Crippen LogP) is 2.18. The minimum absolute atomic E-state index is 0.181. The average molecular weight is 299 g/mol. The minimum Gasteiger partial charge on any atom is -0.298 e. The van der Waals surface area contributed by atoms with Gasteiger partial charge in [-0.05, 0) is 41.6 Å². The van der Waals surface area contributed by atoms with Gasteiger partial charge in [-0.2, -0.15) is 5.26 Å². The molecule has 0 heterocycles. The summed E-state index contributed by atoms with van der Waals surface area (Å²) in [6, 6.07) is 5.08. The van der Waals surface area contributed by atoms with E-state index in [1.54, 1.807) is 12.1 Å². The van der Waals surface area contributed by atoms with E-state index in [4.69, 9.17) is 5.26 Å². The molecular formula is C10H6INO2. The van der Waals surface area contributed by atoms with Crippen molar-refractivity contribution in [2.75, 3.05) is 0 Å². The second kappa shape index (κ2) is 4.33. The van der Waals surface area contributed by atoms with Crippen LogP contribution in [0, 0.1) is 14.9 Å². The van der Waals surface area contributed by atoms with Crippen molar-refractivity contribution in [3.63, 3.8) is 0 Å². The molecule has 14 heavy (non-hydrogen) atoms. The van der Waals surface area contributed by atoms with Gasteiger partial charge in [0.15, 0.2) is 12.1 Å². The molecule has 3 nitrogen and oxygen atoms in total. The van der Waals surface area contributed by atoms with E-state index in [0.717, 1.165) is 3.57 Å². The molecule has 0 radical (unpaired) electrons. The number of hydrogen-bond donors (Lipinski definition) is 0. The molecule has 0 aliphatic carbocycles. The highest BCUT2D eigenvalue weighted by molar-refractivity contribution is 14.1. The van der Waals surface area contributed by atoms with Crippen LogP contribution in [-0.2, 0) is 0 Å². The summed E-state index contributed by atoms with van der Waals surface area (Å²) >= 11 is 2.00. The Kier molecular flexibility index (Phi) is 3.36. The van der Waals surface area contributed by atoms with Crippen molar-refractivity contribution in [3.8, 4) is 6.07 Å². The lowest BCUT2D eigenvalue weighted by Crippen LogP contribution is -2.02. The van der Waals surface area contributed by atoms with Crippen LogP contribution in [0.15, 0.2) is 12.1 Å². The third kappa shape index (κ3) is 1.99. The van der Waals surface area contributed by atoms with Crippen molar-refractivity contribution in [1.82, 2.24) is 0 Å². The van der Waals surface area contributed by atoms with Crippen LogP contribution in [-0.4, -0.2) is 12.1 Å². The van der Waals surface area contributed by atoms with Crippen molar-refractivity contribution in [2.24, 2.45) is 0 Å². The van der Waals surface area contributed by atoms with Gasteiger partial charge in [0, 0.05) is 14.7 Å². The van der Waals surface area contributed by atoms with E-state index < -0.39 is 0 Å². The molecule has 0 saturated carbocycles. The number of carbonyl (C=O) groups is 2. The van der Waals surface area contributed by atoms with E-state index >= 15 is 0 Å². The molecule has 4 heteroatoms. The zero-order valence-electron chi connectivity index (χ0n) is 7.37. The molecule has 0 unspecified atom stereocenters. The third-order valence-corrected chi connectivity index (χ3v) is 2.39. The minimum atomic E-state index is -0.206. The molecule has 1 rings (SSSR count). The summed E-state index contributed by atoms with van der Waals surface area (Å²) in [5, 5.41) is 8.76. The summed E-state index contributed by atoms with van der Waals surface area (Å²) in [4.78, 5) is 21.9. The van der Waals surface area contributed by atoms with Gasteiger partial charge in [0.05, 0.1) is 11.6 Å². The number of carbonyl (C=O) groups excluding carboxylic acids is 2. The molecule has 0 bridgehead atoms. The topological polar surface area (TPSA) is 57.9 Å². The fourth-order valence-electron chi connectivity index (χ4n) is 1.13. The fourth-order valence-corrected chi connectivity index (χ4v) is 1.75. The molecule has 0 N–H and O–H groups in total. The van der Waals surface area contributed by atoms with Crippen LogP contribution in [0.5, 0.6) is 0 Å². The Morgan fingerprint density at radius 1 is 1.57 bits per heavy atom. The summed E-state index contributed by atoms with van der Waals surface area (Å²) in [5.74, 6) is -0.206. The summed E-state index contributed by atoms with van der Waals surface area (Å²) in [6.45, 7) is 1.37. The monoisotopic (exact) mass is 299 g/mol. The fraction of sp³-hybridized carbons (Fsp3) is 0.100. The van der Waals surface area contributed by atoms with Crippen LogP contribution in [0.3, 0.4) is 0 Å². The van der Waals surface area contributed by atoms with Gasteiger partial charge in [-0.1, -0.05) is 0 Å². The summed E-state index contributed by atoms with van der Waals surface area (Å²) in [6.07, 6.45) is 0.547. The van der Waals surface area contributed by atoms with E-state index in [-0.39, 0.29) is 16.9 Å². The number of ketones is 1. The first-order chi connectivity index (χ1) is 6.60. The lowest BCUT2D eigenvalue weighted by atomic mass is 10.0. The van der Waals surface area contributed by atoms with Crippen LogP contribution < -0.4 is 0 Å². The number of halogens is 1. The molecule has 1 aromatic carbocycles. The van der Waals surface area contributed by atoms with Crippen LogP contribution in [0.25, 0.3) is 0 Å². The number of rotatable bonds is 2. The van der Waals surface area contributed by atoms with Crippen molar-refractivity contribution in [2.45, 2.75) is 6.92 Å². The number of nitriles is 1. The highest BCUT2D eigenvalue weighted by Crippen LogP contribution is 2.17. The summed E-state index contributed by atoms with van der Waals surface area (Å²) in [7, 11) is 0. The molecule has 0 aliphatic heterocycles. The van der Waals surface area contributed by atoms with Crippen LogP contribution in [0.1, 0.15) is 33.2 Å². The van der Waals surface area contributed by atoms with Gasteiger partial charge in [-0.3, -0.25) is 9.59 Å². The van der Waals surface area contributed by atoms with E-state index in [2.05, 4.69) is 0 Å². The Labute approximate surface area is 94.9 Å². The number of aldehydes is 1. The van der Waals surface area contributed by atoms with Crippen molar-refractivity contribution in [1.29, 1.82) is 5.26 Å². The average Bonchev–Trinajstić information content (AvgIpc) is 2.16. The molecular weight excluding hydrogens is 293 g/mol. The number of nitrogens with zero attached hydrogens (tertiary/aromatic N) is 1. The molecule has 70 valence electrons. The Morgan fingerprint density at radius 2 is 2.21 bits per heavy atom. The molecule has 0 aliphatic rings. The van der Waals surface area contributed by atoms with Gasteiger partial charge in [-0.15, -0.1) is 0 Å². The molecule has 0 fully saturated rings. The molecule has 0 aromatic heterocycles. The van der Waals surface area contributed by atoms with Gasteiger partial charge in [-0.25, -0.2) is 0 Å². The standard InChI is InChI=1S/C10H6INO2/c1-6(14)9-3-8(11)2-7(4-12)10(9)5-13/h2-3,5H,1H3. The van der Waals surface area contributed by atoms with Crippen LogP contribution >= 0.6 is 22.6 Å². The first-order valence-electron chi connectivity index (χ1n) is 3.80. The molecule has 0 spiro atoms. The predicted molar refractivity (Wildman–Crippen MR) is 59.3 cm³/mol. The number of benzene rings is 1. The smallest absolute Gasteiger partial charge is 0.160 e. The third-order valence-electron chi connectivity index (χ3n) is 1.76. The van der Waals surface area contributed by atoms with E-state index in [0.29, 0.717) is 11.8 Å². The zero-order valence-corrected chi connectivity index (χ0v) is 9.53. The largest absolute Gasteiger partial charge is 0.298 e. The van der Waals surface area contributed by atoms with E-state index in [1.807, 2.05) is 28.7 Å². The number of hydrogen-bond acceptors (Lipinski definition) is 3. The molecule has 1 aromatic rings. The lowest BCUT2D eigenvalue weighted by molar-refractivity contribution is 0.100. The van der Waals surface area contributed by atoms with Gasteiger partial charge < -0.3 is 0 Å². The molecule has 0 amide bonds. The first kappa shape index (κ1) is 10.9. The summed E-state index contributed by atoms with van der Waals surface area (Å²) in [5.41, 5.74) is 0.737. The van der Waals surface area contributed by atoms with Crippen molar-refractivity contribution < 1.29 is 9.59 Å². The van der Waals surface area contributed by atoms with Crippen molar-refractivity contribution >= 4 is 34.7 Å². The lowest BCUT2D eigenvalue weighted by Gasteiger charge is -2.03. The maximum Gasteiger partial charge on any atom is 0.160 e. The van der Waals surface area contributed by atoms with E-state index in [1.165, 1.54) is 6.92 Å². The summed E-state index contributed by atoms with van der Waals surface area (Å²) < 4.78 is 0.773. The normalized spacial score (nSPS) is 9.21. The quantitative estimate of drug-likeness (QED) is 0.478. The second-order valence-corrected chi connectivity index (χ2v) is 3.95. The SMILES string of the molecule is CC(=O)c1cc(I)cc(C#N)c1C=O.